The molecule has 1 fully saturated rings. The Morgan fingerprint density at radius 1 is 0.939 bits per heavy atom. The minimum atomic E-state index is -0.221. The average Bonchev–Trinajstić information content (AvgIpc) is 3.28. The van der Waals surface area contributed by atoms with E-state index in [1.54, 1.807) is 7.11 Å². The number of hydrogen-bond acceptors (Lipinski definition) is 6. The molecule has 6 nitrogen and oxygen atoms in total. The van der Waals surface area contributed by atoms with Crippen LogP contribution >= 0.6 is 0 Å². The van der Waals surface area contributed by atoms with Gasteiger partial charge in [0, 0.05) is 30.8 Å². The molecule has 0 bridgehead atoms. The molecule has 3 aromatic carbocycles. The molecule has 2 N–H and O–H groups in total. The van der Waals surface area contributed by atoms with Crippen molar-refractivity contribution >= 4 is 5.69 Å². The molecule has 3 unspecified atom stereocenters. The SMILES string of the molecule is COc1ccc(C2NNC3c4cc5c(cc4N(Cc4ccc(F)cc4)CC23)OCCO5)cc1. The van der Waals surface area contributed by atoms with E-state index in [-0.39, 0.29) is 23.8 Å². The van der Waals surface area contributed by atoms with Gasteiger partial charge in [0.2, 0.25) is 0 Å². The third-order valence-corrected chi connectivity index (χ3v) is 6.81. The highest BCUT2D eigenvalue weighted by atomic mass is 19.1. The van der Waals surface area contributed by atoms with E-state index in [9.17, 15) is 4.39 Å². The Balaban J connectivity index is 1.38. The van der Waals surface area contributed by atoms with Crippen molar-refractivity contribution in [3.63, 3.8) is 0 Å². The lowest BCUT2D eigenvalue weighted by molar-refractivity contribution is 0.171. The molecule has 6 rings (SSSR count). The van der Waals surface area contributed by atoms with Crippen molar-refractivity contribution in [3.05, 3.63) is 83.2 Å². The van der Waals surface area contributed by atoms with Gasteiger partial charge in [-0.05, 0) is 47.0 Å². The summed E-state index contributed by atoms with van der Waals surface area (Å²) in [5, 5.41) is 0. The number of rotatable bonds is 4. The zero-order chi connectivity index (χ0) is 22.4. The van der Waals surface area contributed by atoms with Gasteiger partial charge in [0.15, 0.2) is 11.5 Å². The predicted octanol–water partition coefficient (Wildman–Crippen LogP) is 4.13. The second kappa shape index (κ2) is 8.24. The van der Waals surface area contributed by atoms with Crippen molar-refractivity contribution < 1.29 is 18.6 Å². The number of halogens is 1. The number of fused-ring (bicyclic) bond motifs is 4. The van der Waals surface area contributed by atoms with Gasteiger partial charge in [-0.15, -0.1) is 0 Å². The summed E-state index contributed by atoms with van der Waals surface area (Å²) in [7, 11) is 1.68. The number of nitrogens with one attached hydrogen (secondary N) is 2. The topological polar surface area (TPSA) is 55.0 Å². The Hall–Kier alpha value is -3.29. The van der Waals surface area contributed by atoms with Crippen molar-refractivity contribution in [2.45, 2.75) is 18.6 Å². The van der Waals surface area contributed by atoms with E-state index in [0.29, 0.717) is 19.8 Å². The van der Waals surface area contributed by atoms with Crippen LogP contribution in [0.15, 0.2) is 60.7 Å². The molecule has 3 aliphatic rings. The van der Waals surface area contributed by atoms with Gasteiger partial charge in [0.05, 0.1) is 19.2 Å². The van der Waals surface area contributed by atoms with Gasteiger partial charge in [-0.1, -0.05) is 24.3 Å². The maximum absolute atomic E-state index is 13.5. The Morgan fingerprint density at radius 2 is 1.64 bits per heavy atom. The van der Waals surface area contributed by atoms with E-state index >= 15 is 0 Å². The Bertz CT molecular complexity index is 1150. The fourth-order valence-electron chi connectivity index (χ4n) is 5.18. The molecule has 3 heterocycles. The number of anilines is 1. The number of hydrazine groups is 1. The quantitative estimate of drug-likeness (QED) is 0.627. The lowest BCUT2D eigenvalue weighted by Gasteiger charge is -2.40. The molecular weight excluding hydrogens is 421 g/mol. The highest BCUT2D eigenvalue weighted by Crippen LogP contribution is 2.49. The van der Waals surface area contributed by atoms with Crippen LogP contribution in [0.5, 0.6) is 17.2 Å². The minimum absolute atomic E-state index is 0.132. The van der Waals surface area contributed by atoms with Crippen LogP contribution in [0.1, 0.15) is 28.8 Å². The second-order valence-electron chi connectivity index (χ2n) is 8.74. The van der Waals surface area contributed by atoms with E-state index in [0.717, 1.165) is 35.0 Å². The van der Waals surface area contributed by atoms with Gasteiger partial charge >= 0.3 is 0 Å². The maximum Gasteiger partial charge on any atom is 0.163 e. The Morgan fingerprint density at radius 3 is 2.36 bits per heavy atom. The van der Waals surface area contributed by atoms with Crippen molar-refractivity contribution in [1.82, 2.24) is 10.9 Å². The van der Waals surface area contributed by atoms with Crippen molar-refractivity contribution in [3.8, 4) is 17.2 Å². The van der Waals surface area contributed by atoms with Gasteiger partial charge in [-0.25, -0.2) is 15.2 Å². The summed E-state index contributed by atoms with van der Waals surface area (Å²) in [6.07, 6.45) is 0. The molecule has 0 aromatic heterocycles. The number of hydrogen-bond donors (Lipinski definition) is 2. The van der Waals surface area contributed by atoms with E-state index in [1.165, 1.54) is 23.3 Å². The van der Waals surface area contributed by atoms with Crippen molar-refractivity contribution in [2.75, 3.05) is 31.8 Å². The summed E-state index contributed by atoms with van der Waals surface area (Å²) >= 11 is 0. The average molecular weight is 448 g/mol. The fraction of sp³-hybridized carbons (Fsp3) is 0.308. The van der Waals surface area contributed by atoms with Crippen molar-refractivity contribution in [1.29, 1.82) is 0 Å². The van der Waals surface area contributed by atoms with Crippen LogP contribution in [0.2, 0.25) is 0 Å². The molecule has 3 aliphatic heterocycles. The summed E-state index contributed by atoms with van der Waals surface area (Å²) in [5.41, 5.74) is 11.6. The van der Waals surface area contributed by atoms with Crippen LogP contribution in [0.3, 0.4) is 0 Å². The first-order chi connectivity index (χ1) is 16.2. The zero-order valence-electron chi connectivity index (χ0n) is 18.4. The Labute approximate surface area is 192 Å². The third-order valence-electron chi connectivity index (χ3n) is 6.81. The molecule has 3 atom stereocenters. The molecule has 3 aromatic rings. The zero-order valence-corrected chi connectivity index (χ0v) is 18.4. The monoisotopic (exact) mass is 447 g/mol. The van der Waals surface area contributed by atoms with Crippen LogP contribution in [0, 0.1) is 11.7 Å². The van der Waals surface area contributed by atoms with Crippen LogP contribution in [-0.4, -0.2) is 26.9 Å². The summed E-state index contributed by atoms with van der Waals surface area (Å²) in [4.78, 5) is 2.37. The van der Waals surface area contributed by atoms with E-state index < -0.39 is 0 Å². The highest BCUT2D eigenvalue weighted by molar-refractivity contribution is 5.65. The molecule has 0 spiro atoms. The van der Waals surface area contributed by atoms with Crippen LogP contribution < -0.4 is 30.0 Å². The van der Waals surface area contributed by atoms with Gasteiger partial charge in [-0.2, -0.15) is 0 Å². The smallest absolute Gasteiger partial charge is 0.163 e. The molecule has 1 saturated heterocycles. The molecular formula is C26H26FN3O3. The lowest BCUT2D eigenvalue weighted by Crippen LogP contribution is -2.39. The molecule has 0 amide bonds. The summed E-state index contributed by atoms with van der Waals surface area (Å²) < 4.78 is 30.6. The lowest BCUT2D eigenvalue weighted by atomic mass is 9.81. The predicted molar refractivity (Wildman–Crippen MR) is 123 cm³/mol. The maximum atomic E-state index is 13.5. The first-order valence-corrected chi connectivity index (χ1v) is 11.3. The largest absolute Gasteiger partial charge is 0.497 e. The minimum Gasteiger partial charge on any atom is -0.497 e. The molecule has 0 aliphatic carbocycles. The normalized spacial score (nSPS) is 23.1. The number of nitrogens with zero attached hydrogens (tertiary/aromatic N) is 1. The first kappa shape index (κ1) is 20.3. The fourth-order valence-corrected chi connectivity index (χ4v) is 5.18. The molecule has 170 valence electrons. The number of ether oxygens (including phenoxy) is 3. The number of benzene rings is 3. The molecule has 33 heavy (non-hydrogen) atoms. The van der Waals surface area contributed by atoms with E-state index in [4.69, 9.17) is 14.2 Å². The van der Waals surface area contributed by atoms with Crippen LogP contribution in [-0.2, 0) is 6.54 Å². The molecule has 0 radical (unpaired) electrons. The Kier molecular flexibility index (Phi) is 5.08. The van der Waals surface area contributed by atoms with Crippen LogP contribution in [0.25, 0.3) is 0 Å². The van der Waals surface area contributed by atoms with Crippen molar-refractivity contribution in [2.24, 2.45) is 5.92 Å². The summed E-state index contributed by atoms with van der Waals surface area (Å²) in [5.74, 6) is 2.48. The highest BCUT2D eigenvalue weighted by Gasteiger charge is 2.44. The van der Waals surface area contributed by atoms with Gasteiger partial charge in [0.25, 0.3) is 0 Å². The van der Waals surface area contributed by atoms with Crippen LogP contribution in [0.4, 0.5) is 10.1 Å². The standard InChI is InChI=1S/C26H26FN3O3/c1-31-19-8-4-17(5-9-19)25-21-15-30(14-16-2-6-18(27)7-3-16)22-13-24-23(32-10-11-33-24)12-20(22)26(21)29-28-25/h2-9,12-13,21,25-26,28-29H,10-11,14-15H2,1H3. The summed E-state index contributed by atoms with van der Waals surface area (Å²) in [6, 6.07) is 19.4. The first-order valence-electron chi connectivity index (χ1n) is 11.3. The van der Waals surface area contributed by atoms with E-state index in [1.807, 2.05) is 24.3 Å². The van der Waals surface area contributed by atoms with Gasteiger partial charge < -0.3 is 19.1 Å². The molecule has 7 heteroatoms. The third kappa shape index (κ3) is 3.67. The van der Waals surface area contributed by atoms with E-state index in [2.05, 4.69) is 40.0 Å². The van der Waals surface area contributed by atoms with Gasteiger partial charge in [0.1, 0.15) is 24.8 Å². The number of methoxy groups -OCH3 is 1. The van der Waals surface area contributed by atoms with Gasteiger partial charge in [-0.3, -0.25) is 0 Å². The second-order valence-corrected chi connectivity index (χ2v) is 8.74. The summed E-state index contributed by atoms with van der Waals surface area (Å²) in [6.45, 7) is 2.63. The molecule has 0 saturated carbocycles.